The highest BCUT2D eigenvalue weighted by Crippen LogP contribution is 2.20. The predicted octanol–water partition coefficient (Wildman–Crippen LogP) is 4.06. The average molecular weight is 230 g/mol. The quantitative estimate of drug-likeness (QED) is 0.429. The average Bonchev–Trinajstić information content (AvgIpc) is 2.14. The minimum atomic E-state index is -0.298. The van der Waals surface area contributed by atoms with Gasteiger partial charge in [-0.05, 0) is 11.5 Å². The second-order valence-electron chi connectivity index (χ2n) is 5.73. The lowest BCUT2D eigenvalue weighted by Crippen LogP contribution is -2.13. The molecule has 0 heterocycles. The molecule has 0 aliphatic rings. The molecule has 0 N–H and O–H groups in total. The van der Waals surface area contributed by atoms with Crippen LogP contribution in [0.1, 0.15) is 72.6 Å². The second-order valence-corrected chi connectivity index (χ2v) is 8.55. The van der Waals surface area contributed by atoms with Gasteiger partial charge >= 0.3 is 0 Å². The van der Waals surface area contributed by atoms with Crippen LogP contribution in [0.25, 0.3) is 0 Å². The van der Waals surface area contributed by atoms with Crippen LogP contribution in [-0.4, -0.2) is 16.4 Å². The molecule has 0 atom stereocenters. The third-order valence-electron chi connectivity index (χ3n) is 2.43. The van der Waals surface area contributed by atoms with Gasteiger partial charge in [0.25, 0.3) is 0 Å². The van der Waals surface area contributed by atoms with Gasteiger partial charge in [-0.2, -0.15) is 0 Å². The summed E-state index contributed by atoms with van der Waals surface area (Å²) in [7, 11) is -0.298. The topological polar surface area (TPSA) is 9.23 Å². The number of hydrogen-bond acceptors (Lipinski definition) is 1. The summed E-state index contributed by atoms with van der Waals surface area (Å²) >= 11 is 0. The largest absolute Gasteiger partial charge is 0.423 e. The highest BCUT2D eigenvalue weighted by Gasteiger charge is 2.10. The first-order valence-corrected chi connectivity index (χ1v) is 7.92. The molecule has 0 spiro atoms. The maximum atomic E-state index is 5.76. The summed E-state index contributed by atoms with van der Waals surface area (Å²) in [6.07, 6.45) is 9.64. The maximum Gasteiger partial charge on any atom is 0.166 e. The molecule has 0 aromatic heterocycles. The van der Waals surface area contributed by atoms with Gasteiger partial charge in [-0.15, -0.1) is 0 Å². The van der Waals surface area contributed by atoms with Gasteiger partial charge in [-0.1, -0.05) is 66.2 Å². The molecule has 0 saturated heterocycles. The summed E-state index contributed by atoms with van der Waals surface area (Å²) in [6, 6.07) is 0. The molecule has 0 rings (SSSR count). The van der Waals surface area contributed by atoms with Crippen molar-refractivity contribution >= 4 is 9.76 Å². The third-order valence-corrected chi connectivity index (χ3v) is 3.79. The Labute approximate surface area is 98.9 Å². The minimum absolute atomic E-state index is 0.298. The van der Waals surface area contributed by atoms with Gasteiger partial charge < -0.3 is 4.43 Å². The standard InChI is InChI=1S/C13H30OSi/c1-5-6-7-8-9-10-11-12-14-15-13(2,3)4/h5-12,15H2,1-4H3. The molecule has 0 aromatic carbocycles. The molecule has 15 heavy (non-hydrogen) atoms. The lowest BCUT2D eigenvalue weighted by molar-refractivity contribution is 0.307. The van der Waals surface area contributed by atoms with Crippen LogP contribution in [0.2, 0.25) is 5.04 Å². The Morgan fingerprint density at radius 2 is 1.40 bits per heavy atom. The Kier molecular flexibility index (Phi) is 9.52. The Morgan fingerprint density at radius 3 is 1.93 bits per heavy atom. The van der Waals surface area contributed by atoms with Gasteiger partial charge in [0.2, 0.25) is 0 Å². The Bertz CT molecular complexity index is 129. The fraction of sp³-hybridized carbons (Fsp3) is 1.00. The Hall–Kier alpha value is 0.177. The van der Waals surface area contributed by atoms with Crippen LogP contribution in [0, 0.1) is 0 Å². The van der Waals surface area contributed by atoms with Gasteiger partial charge in [0.05, 0.1) is 0 Å². The van der Waals surface area contributed by atoms with Crippen LogP contribution in [0.4, 0.5) is 0 Å². The molecule has 0 aliphatic carbocycles. The van der Waals surface area contributed by atoms with Crippen molar-refractivity contribution < 1.29 is 4.43 Å². The van der Waals surface area contributed by atoms with Crippen molar-refractivity contribution in [1.29, 1.82) is 0 Å². The molecule has 0 saturated carbocycles. The van der Waals surface area contributed by atoms with E-state index in [2.05, 4.69) is 27.7 Å². The zero-order valence-corrected chi connectivity index (χ0v) is 12.7. The van der Waals surface area contributed by atoms with E-state index in [1.807, 2.05) is 0 Å². The molecule has 0 amide bonds. The van der Waals surface area contributed by atoms with E-state index < -0.39 is 0 Å². The molecule has 0 unspecified atom stereocenters. The summed E-state index contributed by atoms with van der Waals surface area (Å²) in [6.45, 7) is 10.1. The minimum Gasteiger partial charge on any atom is -0.423 e. The van der Waals surface area contributed by atoms with E-state index in [1.165, 1.54) is 44.9 Å². The molecule has 2 heteroatoms. The van der Waals surface area contributed by atoms with E-state index in [-0.39, 0.29) is 9.76 Å². The molecule has 0 fully saturated rings. The Morgan fingerprint density at radius 1 is 0.867 bits per heavy atom. The highest BCUT2D eigenvalue weighted by atomic mass is 28.2. The SMILES string of the molecule is CCCCCCCCCO[SiH2]C(C)(C)C. The van der Waals surface area contributed by atoms with Crippen LogP contribution >= 0.6 is 0 Å². The van der Waals surface area contributed by atoms with Crippen LogP contribution in [-0.2, 0) is 4.43 Å². The van der Waals surface area contributed by atoms with Crippen molar-refractivity contribution in [3.05, 3.63) is 0 Å². The third kappa shape index (κ3) is 14.2. The van der Waals surface area contributed by atoms with Gasteiger partial charge in [-0.25, -0.2) is 0 Å². The molecule has 92 valence electrons. The van der Waals surface area contributed by atoms with Crippen molar-refractivity contribution in [2.75, 3.05) is 6.61 Å². The van der Waals surface area contributed by atoms with Crippen molar-refractivity contribution in [3.63, 3.8) is 0 Å². The normalized spacial score (nSPS) is 12.8. The van der Waals surface area contributed by atoms with E-state index in [0.717, 1.165) is 6.61 Å². The van der Waals surface area contributed by atoms with E-state index >= 15 is 0 Å². The number of hydrogen-bond donors (Lipinski definition) is 0. The van der Waals surface area contributed by atoms with Gasteiger partial charge in [-0.3, -0.25) is 0 Å². The lowest BCUT2D eigenvalue weighted by atomic mass is 10.1. The van der Waals surface area contributed by atoms with Gasteiger partial charge in [0.15, 0.2) is 9.76 Å². The van der Waals surface area contributed by atoms with Crippen LogP contribution in [0.3, 0.4) is 0 Å². The summed E-state index contributed by atoms with van der Waals surface area (Å²) in [4.78, 5) is 0. The first-order valence-electron chi connectivity index (χ1n) is 6.64. The fourth-order valence-corrected chi connectivity index (χ4v) is 2.50. The first-order chi connectivity index (χ1) is 7.06. The Balaban J connectivity index is 2.99. The van der Waals surface area contributed by atoms with E-state index in [0.29, 0.717) is 5.04 Å². The molecule has 1 nitrogen and oxygen atoms in total. The van der Waals surface area contributed by atoms with Crippen molar-refractivity contribution in [3.8, 4) is 0 Å². The van der Waals surface area contributed by atoms with Crippen LogP contribution < -0.4 is 0 Å². The fourth-order valence-electron chi connectivity index (χ4n) is 1.54. The summed E-state index contributed by atoms with van der Waals surface area (Å²) in [5, 5.41) is 0.459. The second kappa shape index (κ2) is 9.41. The lowest BCUT2D eigenvalue weighted by Gasteiger charge is -2.16. The van der Waals surface area contributed by atoms with Crippen LogP contribution in [0.15, 0.2) is 0 Å². The molecular formula is C13H30OSi. The zero-order chi connectivity index (χ0) is 11.6. The number of unbranched alkanes of at least 4 members (excludes halogenated alkanes) is 6. The molecule has 0 bridgehead atoms. The molecule has 0 radical (unpaired) electrons. The molecule has 0 aromatic rings. The predicted molar refractivity (Wildman–Crippen MR) is 72.2 cm³/mol. The maximum absolute atomic E-state index is 5.76. The monoisotopic (exact) mass is 230 g/mol. The molecular weight excluding hydrogens is 200 g/mol. The summed E-state index contributed by atoms with van der Waals surface area (Å²) in [5.41, 5.74) is 0. The van der Waals surface area contributed by atoms with Gasteiger partial charge in [0.1, 0.15) is 0 Å². The van der Waals surface area contributed by atoms with E-state index in [1.54, 1.807) is 0 Å². The highest BCUT2D eigenvalue weighted by molar-refractivity contribution is 6.31. The zero-order valence-electron chi connectivity index (χ0n) is 11.3. The van der Waals surface area contributed by atoms with Gasteiger partial charge in [0, 0.05) is 6.61 Å². The van der Waals surface area contributed by atoms with E-state index in [9.17, 15) is 0 Å². The van der Waals surface area contributed by atoms with Crippen molar-refractivity contribution in [2.24, 2.45) is 0 Å². The first kappa shape index (κ1) is 15.2. The summed E-state index contributed by atoms with van der Waals surface area (Å²) < 4.78 is 5.76. The smallest absolute Gasteiger partial charge is 0.166 e. The molecule has 0 aliphatic heterocycles. The van der Waals surface area contributed by atoms with Crippen molar-refractivity contribution in [1.82, 2.24) is 0 Å². The summed E-state index contributed by atoms with van der Waals surface area (Å²) in [5.74, 6) is 0. The van der Waals surface area contributed by atoms with Crippen LogP contribution in [0.5, 0.6) is 0 Å². The van der Waals surface area contributed by atoms with Crippen molar-refractivity contribution in [2.45, 2.75) is 77.7 Å². The van der Waals surface area contributed by atoms with E-state index in [4.69, 9.17) is 4.43 Å². The number of rotatable bonds is 9.